The molecule has 2 aromatic carbocycles. The lowest BCUT2D eigenvalue weighted by atomic mass is 9.93. The summed E-state index contributed by atoms with van der Waals surface area (Å²) in [7, 11) is -2.44. The Morgan fingerprint density at radius 2 is 1.89 bits per heavy atom. The minimum Gasteiger partial charge on any atom is -0.497 e. The van der Waals surface area contributed by atoms with Gasteiger partial charge in [-0.25, -0.2) is 17.6 Å². The van der Waals surface area contributed by atoms with E-state index in [0.717, 1.165) is 9.87 Å². The second-order valence-corrected chi connectivity index (χ2v) is 9.97. The molecule has 0 amide bonds. The highest BCUT2D eigenvalue weighted by Gasteiger charge is 2.30. The van der Waals surface area contributed by atoms with E-state index >= 15 is 0 Å². The molecule has 0 bridgehead atoms. The molecule has 0 saturated carbocycles. The van der Waals surface area contributed by atoms with Crippen molar-refractivity contribution in [1.29, 1.82) is 0 Å². The first kappa shape index (κ1) is 28.3. The van der Waals surface area contributed by atoms with Crippen LogP contribution in [0.3, 0.4) is 0 Å². The van der Waals surface area contributed by atoms with Crippen LogP contribution in [0.1, 0.15) is 17.9 Å². The molecule has 0 spiro atoms. The van der Waals surface area contributed by atoms with Crippen LogP contribution in [-0.2, 0) is 29.0 Å². The molecule has 3 rings (SSSR count). The van der Waals surface area contributed by atoms with Gasteiger partial charge in [-0.1, -0.05) is 24.8 Å². The van der Waals surface area contributed by atoms with Crippen LogP contribution in [0.25, 0.3) is 0 Å². The number of esters is 1. The Morgan fingerprint density at radius 1 is 1.19 bits per heavy atom. The summed E-state index contributed by atoms with van der Waals surface area (Å²) in [6, 6.07) is 11.8. The van der Waals surface area contributed by atoms with Gasteiger partial charge in [0.25, 0.3) is 0 Å². The van der Waals surface area contributed by atoms with Crippen LogP contribution in [-0.4, -0.2) is 70.1 Å². The van der Waals surface area contributed by atoms with Crippen molar-refractivity contribution in [2.75, 3.05) is 40.0 Å². The van der Waals surface area contributed by atoms with Crippen LogP contribution in [0.5, 0.6) is 5.75 Å². The normalized spacial score (nSPS) is 17.6. The number of sulfonamides is 1. The number of hydrogen-bond acceptors (Lipinski definition) is 8. The van der Waals surface area contributed by atoms with Crippen molar-refractivity contribution in [3.63, 3.8) is 0 Å². The minimum atomic E-state index is -3.92. The zero-order valence-electron chi connectivity index (χ0n) is 20.4. The van der Waals surface area contributed by atoms with E-state index in [-0.39, 0.29) is 55.3 Å². The zero-order valence-corrected chi connectivity index (χ0v) is 21.2. The van der Waals surface area contributed by atoms with Gasteiger partial charge >= 0.3 is 5.97 Å². The average molecular weight is 536 g/mol. The molecule has 0 radical (unpaired) electrons. The van der Waals surface area contributed by atoms with Gasteiger partial charge in [0, 0.05) is 25.4 Å². The van der Waals surface area contributed by atoms with Gasteiger partial charge in [0.05, 0.1) is 25.2 Å². The fourth-order valence-corrected chi connectivity index (χ4v) is 5.11. The van der Waals surface area contributed by atoms with E-state index in [0.29, 0.717) is 12.2 Å². The summed E-state index contributed by atoms with van der Waals surface area (Å²) >= 11 is 0. The van der Waals surface area contributed by atoms with Gasteiger partial charge in [0.15, 0.2) is 0 Å². The first-order valence-corrected chi connectivity index (χ1v) is 13.0. The van der Waals surface area contributed by atoms with Crippen molar-refractivity contribution < 1.29 is 41.7 Å². The first-order chi connectivity index (χ1) is 17.8. The van der Waals surface area contributed by atoms with Crippen molar-refractivity contribution >= 4 is 16.0 Å². The van der Waals surface area contributed by atoms with Crippen LogP contribution >= 0.6 is 0 Å². The summed E-state index contributed by atoms with van der Waals surface area (Å²) in [4.78, 5) is 12.5. The van der Waals surface area contributed by atoms with Crippen molar-refractivity contribution in [1.82, 2.24) is 4.31 Å². The lowest BCUT2D eigenvalue weighted by Gasteiger charge is -2.30. The third-order valence-electron chi connectivity index (χ3n) is 5.58. The number of aliphatic hydroxyl groups is 1. The molecule has 37 heavy (non-hydrogen) atoms. The molecular formula is C26H30FNO8S. The Balaban J connectivity index is 1.71. The summed E-state index contributed by atoms with van der Waals surface area (Å²) in [5.41, 5.74) is 0.747. The van der Waals surface area contributed by atoms with Gasteiger partial charge in [-0.3, -0.25) is 0 Å². The number of rotatable bonds is 13. The molecule has 1 N–H and O–H groups in total. The highest BCUT2D eigenvalue weighted by Crippen LogP contribution is 2.32. The molecule has 9 nitrogen and oxygen atoms in total. The first-order valence-electron chi connectivity index (χ1n) is 11.6. The van der Waals surface area contributed by atoms with Gasteiger partial charge in [-0.05, 0) is 48.0 Å². The lowest BCUT2D eigenvalue weighted by molar-refractivity contribution is -0.160. The molecule has 11 heteroatoms. The van der Waals surface area contributed by atoms with E-state index < -0.39 is 22.3 Å². The topological polar surface area (TPSA) is 112 Å². The Morgan fingerprint density at radius 3 is 2.51 bits per heavy atom. The number of nitrogens with zero attached hydrogens (tertiary/aromatic N) is 1. The smallest absolute Gasteiger partial charge is 0.373 e. The molecule has 0 aliphatic carbocycles. The SMILES string of the molecule is C=CCOC(=O)C1=C[C@@H](c2ccc(F)cc2)C[C@@H](OCCN(CCO)S(=O)(=O)c2ccc(OC)cc2)O1. The molecule has 2 atom stereocenters. The fraction of sp³-hybridized carbons (Fsp3) is 0.346. The molecular weight excluding hydrogens is 505 g/mol. The molecule has 0 aromatic heterocycles. The van der Waals surface area contributed by atoms with Crippen LogP contribution in [0.2, 0.25) is 0 Å². The molecule has 2 aromatic rings. The molecule has 1 heterocycles. The number of carbonyl (C=O) groups excluding carboxylic acids is 1. The van der Waals surface area contributed by atoms with E-state index in [1.807, 2.05) is 0 Å². The summed E-state index contributed by atoms with van der Waals surface area (Å²) in [6.45, 7) is 2.83. The maximum Gasteiger partial charge on any atom is 0.373 e. The molecule has 0 fully saturated rings. The predicted octanol–water partition coefficient (Wildman–Crippen LogP) is 2.98. The highest BCUT2D eigenvalue weighted by atomic mass is 32.2. The summed E-state index contributed by atoms with van der Waals surface area (Å²) in [5, 5.41) is 9.44. The summed E-state index contributed by atoms with van der Waals surface area (Å²) in [5.74, 6) is -0.978. The Kier molecular flexibility index (Phi) is 10.2. The predicted molar refractivity (Wildman–Crippen MR) is 133 cm³/mol. The molecule has 1 aliphatic rings. The number of aliphatic hydroxyl groups excluding tert-OH is 1. The molecule has 1 aliphatic heterocycles. The quantitative estimate of drug-likeness (QED) is 0.308. The third-order valence-corrected chi connectivity index (χ3v) is 7.49. The van der Waals surface area contributed by atoms with Gasteiger partial charge in [-0.2, -0.15) is 4.31 Å². The van der Waals surface area contributed by atoms with Crippen LogP contribution in [0.4, 0.5) is 4.39 Å². The standard InChI is InChI=1S/C26H30FNO8S/c1-3-15-35-26(30)24-17-20(19-4-6-21(27)7-5-19)18-25(36-24)34-16-13-28(12-14-29)37(31,32)23-10-8-22(33-2)9-11-23/h3-11,17,20,25,29H,1,12-16,18H2,2H3/t20-,25+/m1/s1. The van der Waals surface area contributed by atoms with Crippen molar-refractivity contribution in [2.45, 2.75) is 23.5 Å². The Hall–Kier alpha value is -3.25. The zero-order chi connectivity index (χ0) is 26.8. The van der Waals surface area contributed by atoms with Crippen molar-refractivity contribution in [3.8, 4) is 5.75 Å². The number of halogens is 1. The van der Waals surface area contributed by atoms with Gasteiger partial charge in [0.1, 0.15) is 18.2 Å². The van der Waals surface area contributed by atoms with Crippen LogP contribution < -0.4 is 4.74 Å². The monoisotopic (exact) mass is 535 g/mol. The van der Waals surface area contributed by atoms with Crippen molar-refractivity contribution in [2.24, 2.45) is 0 Å². The van der Waals surface area contributed by atoms with Gasteiger partial charge < -0.3 is 24.1 Å². The molecule has 200 valence electrons. The van der Waals surface area contributed by atoms with E-state index in [1.54, 1.807) is 18.2 Å². The van der Waals surface area contributed by atoms with Gasteiger partial charge in [-0.15, -0.1) is 0 Å². The Labute approximate surface area is 215 Å². The van der Waals surface area contributed by atoms with Crippen molar-refractivity contribution in [3.05, 3.63) is 84.4 Å². The van der Waals surface area contributed by atoms with Crippen LogP contribution in [0, 0.1) is 5.82 Å². The number of ether oxygens (including phenoxy) is 4. The maximum atomic E-state index is 13.4. The molecule has 0 saturated heterocycles. The lowest BCUT2D eigenvalue weighted by Crippen LogP contribution is -2.37. The van der Waals surface area contributed by atoms with E-state index in [9.17, 15) is 22.7 Å². The third kappa shape index (κ3) is 7.62. The largest absolute Gasteiger partial charge is 0.497 e. The van der Waals surface area contributed by atoms with E-state index in [1.165, 1.54) is 49.6 Å². The number of benzene rings is 2. The van der Waals surface area contributed by atoms with E-state index in [2.05, 4.69) is 6.58 Å². The summed E-state index contributed by atoms with van der Waals surface area (Å²) < 4.78 is 62.3. The minimum absolute atomic E-state index is 0.00832. The molecule has 0 unspecified atom stereocenters. The fourth-order valence-electron chi connectivity index (χ4n) is 3.70. The summed E-state index contributed by atoms with van der Waals surface area (Å²) in [6.07, 6.45) is 2.41. The second kappa shape index (κ2) is 13.3. The number of methoxy groups -OCH3 is 1. The van der Waals surface area contributed by atoms with Gasteiger partial charge in [0.2, 0.25) is 22.1 Å². The number of hydrogen-bond donors (Lipinski definition) is 1. The average Bonchev–Trinajstić information content (AvgIpc) is 2.91. The van der Waals surface area contributed by atoms with E-state index in [4.69, 9.17) is 18.9 Å². The Bertz CT molecular complexity index is 1180. The highest BCUT2D eigenvalue weighted by molar-refractivity contribution is 7.89. The van der Waals surface area contributed by atoms with Crippen LogP contribution in [0.15, 0.2) is 77.9 Å². The second-order valence-electron chi connectivity index (χ2n) is 8.03. The number of carbonyl (C=O) groups is 1. The maximum absolute atomic E-state index is 13.4. The number of allylic oxidation sites excluding steroid dienone is 1.